The van der Waals surface area contributed by atoms with Gasteiger partial charge >= 0.3 is 0 Å². The average Bonchev–Trinajstić information content (AvgIpc) is 3.26. The molecule has 0 spiro atoms. The third kappa shape index (κ3) is 5.09. The van der Waals surface area contributed by atoms with Crippen LogP contribution in [0.2, 0.25) is 0 Å². The lowest BCUT2D eigenvalue weighted by molar-refractivity contribution is 0.309. The van der Waals surface area contributed by atoms with Crippen molar-refractivity contribution in [2.24, 2.45) is 4.99 Å². The number of likely N-dealkylation sites (N-methyl/N-ethyl adjacent to an activating group) is 1. The summed E-state index contributed by atoms with van der Waals surface area (Å²) in [4.78, 5) is 6.88. The molecule has 5 heteroatoms. The Labute approximate surface area is 169 Å². The number of benzene rings is 1. The normalized spacial score (nSPS) is 23.3. The minimum atomic E-state index is 0. The maximum absolute atomic E-state index is 4.44. The Hall–Kier alpha value is -0.820. The molecule has 1 unspecified atom stereocenters. The molecule has 1 saturated carbocycles. The van der Waals surface area contributed by atoms with E-state index in [0.29, 0.717) is 6.04 Å². The number of halogens is 1. The average molecular weight is 456 g/mol. The van der Waals surface area contributed by atoms with Crippen molar-refractivity contribution in [1.82, 2.24) is 15.5 Å². The first kappa shape index (κ1) is 20.5. The smallest absolute Gasteiger partial charge is 0.191 e. The van der Waals surface area contributed by atoms with Gasteiger partial charge in [0.15, 0.2) is 5.96 Å². The second-order valence-corrected chi connectivity index (χ2v) is 7.44. The molecule has 2 N–H and O–H groups in total. The SMILES string of the molecule is CN=C(NCC1CCCN1C)NCC1(c2ccccc2)CCCC1.I. The van der Waals surface area contributed by atoms with Crippen LogP contribution in [0.4, 0.5) is 0 Å². The summed E-state index contributed by atoms with van der Waals surface area (Å²) in [6, 6.07) is 11.7. The summed E-state index contributed by atoms with van der Waals surface area (Å²) in [5.41, 5.74) is 1.74. The Morgan fingerprint density at radius 2 is 1.88 bits per heavy atom. The zero-order chi connectivity index (χ0) is 16.8. The fourth-order valence-corrected chi connectivity index (χ4v) is 4.34. The molecule has 4 nitrogen and oxygen atoms in total. The predicted octanol–water partition coefficient (Wildman–Crippen LogP) is 3.38. The highest BCUT2D eigenvalue weighted by Gasteiger charge is 2.35. The lowest BCUT2D eigenvalue weighted by Crippen LogP contribution is -2.47. The van der Waals surface area contributed by atoms with Gasteiger partial charge in [-0.25, -0.2) is 0 Å². The largest absolute Gasteiger partial charge is 0.356 e. The molecule has 1 saturated heterocycles. The summed E-state index contributed by atoms with van der Waals surface area (Å²) in [5.74, 6) is 0.942. The molecule has 3 rings (SSSR count). The molecular formula is C20H33IN4. The molecule has 25 heavy (non-hydrogen) atoms. The van der Waals surface area contributed by atoms with Crippen molar-refractivity contribution in [1.29, 1.82) is 0 Å². The first-order valence-corrected chi connectivity index (χ1v) is 9.44. The fraction of sp³-hybridized carbons (Fsp3) is 0.650. The second kappa shape index (κ2) is 9.76. The van der Waals surface area contributed by atoms with Gasteiger partial charge in [-0.15, -0.1) is 24.0 Å². The van der Waals surface area contributed by atoms with Crippen LogP contribution in [0.15, 0.2) is 35.3 Å². The van der Waals surface area contributed by atoms with E-state index >= 15 is 0 Å². The van der Waals surface area contributed by atoms with Gasteiger partial charge in [-0.3, -0.25) is 4.99 Å². The third-order valence-corrected chi connectivity index (χ3v) is 5.94. The number of nitrogens with zero attached hydrogens (tertiary/aromatic N) is 2. The molecule has 0 aromatic heterocycles. The molecular weight excluding hydrogens is 423 g/mol. The van der Waals surface area contributed by atoms with Crippen LogP contribution in [-0.2, 0) is 5.41 Å². The molecule has 2 fully saturated rings. The van der Waals surface area contributed by atoms with Gasteiger partial charge in [-0.2, -0.15) is 0 Å². The summed E-state index contributed by atoms with van der Waals surface area (Å²) in [6.07, 6.45) is 7.80. The molecule has 1 aliphatic carbocycles. The van der Waals surface area contributed by atoms with Crippen LogP contribution in [0.3, 0.4) is 0 Å². The van der Waals surface area contributed by atoms with Crippen molar-refractivity contribution in [3.8, 4) is 0 Å². The molecule has 0 radical (unpaired) electrons. The highest BCUT2D eigenvalue weighted by molar-refractivity contribution is 14.0. The first-order valence-electron chi connectivity index (χ1n) is 9.44. The molecule has 1 atom stereocenters. The van der Waals surface area contributed by atoms with Crippen molar-refractivity contribution in [3.05, 3.63) is 35.9 Å². The van der Waals surface area contributed by atoms with Gasteiger partial charge in [0.25, 0.3) is 0 Å². The number of hydrogen-bond donors (Lipinski definition) is 2. The summed E-state index contributed by atoms with van der Waals surface area (Å²) in [7, 11) is 4.09. The number of guanidine groups is 1. The van der Waals surface area contributed by atoms with Gasteiger partial charge in [0, 0.05) is 31.6 Å². The standard InChI is InChI=1S/C20H32N4.HI/c1-21-19(22-15-18-11-8-14-24(18)2)23-16-20(12-6-7-13-20)17-9-4-3-5-10-17;/h3-5,9-10,18H,6-8,11-16H2,1-2H3,(H2,21,22,23);1H. The summed E-state index contributed by atoms with van der Waals surface area (Å²) in [6.45, 7) is 3.17. The lowest BCUT2D eigenvalue weighted by atomic mass is 9.79. The van der Waals surface area contributed by atoms with E-state index in [2.05, 4.69) is 57.9 Å². The van der Waals surface area contributed by atoms with Crippen LogP contribution >= 0.6 is 24.0 Å². The second-order valence-electron chi connectivity index (χ2n) is 7.44. The van der Waals surface area contributed by atoms with E-state index in [-0.39, 0.29) is 29.4 Å². The van der Waals surface area contributed by atoms with E-state index in [1.54, 1.807) is 0 Å². The Kier molecular flexibility index (Phi) is 8.00. The summed E-state index contributed by atoms with van der Waals surface area (Å²) < 4.78 is 0. The Morgan fingerprint density at radius 1 is 1.16 bits per heavy atom. The van der Waals surface area contributed by atoms with Crippen LogP contribution in [0.25, 0.3) is 0 Å². The van der Waals surface area contributed by atoms with Crippen molar-refractivity contribution in [2.75, 3.05) is 33.7 Å². The van der Waals surface area contributed by atoms with E-state index in [0.717, 1.165) is 19.0 Å². The van der Waals surface area contributed by atoms with Crippen LogP contribution in [0.5, 0.6) is 0 Å². The minimum absolute atomic E-state index is 0. The maximum Gasteiger partial charge on any atom is 0.191 e. The van der Waals surface area contributed by atoms with Crippen molar-refractivity contribution < 1.29 is 0 Å². The first-order chi connectivity index (χ1) is 11.7. The van der Waals surface area contributed by atoms with Crippen molar-refractivity contribution in [3.63, 3.8) is 0 Å². The van der Waals surface area contributed by atoms with Crippen molar-refractivity contribution in [2.45, 2.75) is 50.0 Å². The topological polar surface area (TPSA) is 39.7 Å². The molecule has 140 valence electrons. The van der Waals surface area contributed by atoms with E-state index < -0.39 is 0 Å². The third-order valence-electron chi connectivity index (χ3n) is 5.94. The van der Waals surface area contributed by atoms with Gasteiger partial charge in [0.2, 0.25) is 0 Å². The molecule has 2 aliphatic rings. The number of aliphatic imine (C=N–C) groups is 1. The molecule has 0 amide bonds. The highest BCUT2D eigenvalue weighted by Crippen LogP contribution is 2.40. The summed E-state index contributed by atoms with van der Waals surface area (Å²) in [5, 5.41) is 7.14. The van der Waals surface area contributed by atoms with Crippen LogP contribution < -0.4 is 10.6 Å². The Balaban J connectivity index is 0.00000225. The summed E-state index contributed by atoms with van der Waals surface area (Å²) >= 11 is 0. The fourth-order valence-electron chi connectivity index (χ4n) is 4.34. The predicted molar refractivity (Wildman–Crippen MR) is 117 cm³/mol. The zero-order valence-electron chi connectivity index (χ0n) is 15.6. The van der Waals surface area contributed by atoms with Gasteiger partial charge in [-0.05, 0) is 44.8 Å². The van der Waals surface area contributed by atoms with Gasteiger partial charge in [0.1, 0.15) is 0 Å². The van der Waals surface area contributed by atoms with Crippen LogP contribution in [0.1, 0.15) is 44.1 Å². The van der Waals surface area contributed by atoms with Crippen molar-refractivity contribution >= 4 is 29.9 Å². The number of hydrogen-bond acceptors (Lipinski definition) is 2. The van der Waals surface area contributed by atoms with Gasteiger partial charge < -0.3 is 15.5 Å². The number of likely N-dealkylation sites (tertiary alicyclic amines) is 1. The highest BCUT2D eigenvalue weighted by atomic mass is 127. The zero-order valence-corrected chi connectivity index (χ0v) is 18.0. The quantitative estimate of drug-likeness (QED) is 0.406. The molecule has 0 bridgehead atoms. The number of rotatable bonds is 5. The van der Waals surface area contributed by atoms with Gasteiger partial charge in [-0.1, -0.05) is 43.2 Å². The molecule has 1 heterocycles. The molecule has 1 aromatic rings. The van der Waals surface area contributed by atoms with E-state index in [4.69, 9.17) is 0 Å². The van der Waals surface area contributed by atoms with E-state index in [9.17, 15) is 0 Å². The molecule has 1 aromatic carbocycles. The Bertz CT molecular complexity index is 540. The van der Waals surface area contributed by atoms with Gasteiger partial charge in [0.05, 0.1) is 0 Å². The molecule has 1 aliphatic heterocycles. The van der Waals surface area contributed by atoms with Crippen LogP contribution in [-0.4, -0.2) is 50.6 Å². The maximum atomic E-state index is 4.44. The minimum Gasteiger partial charge on any atom is -0.356 e. The van der Waals surface area contributed by atoms with E-state index in [1.165, 1.54) is 50.6 Å². The number of nitrogens with one attached hydrogen (secondary N) is 2. The van der Waals surface area contributed by atoms with E-state index in [1.807, 2.05) is 7.05 Å². The lowest BCUT2D eigenvalue weighted by Gasteiger charge is -2.31. The monoisotopic (exact) mass is 456 g/mol. The van der Waals surface area contributed by atoms with Crippen LogP contribution in [0, 0.1) is 0 Å². The Morgan fingerprint density at radius 3 is 2.48 bits per heavy atom.